The van der Waals surface area contributed by atoms with Crippen LogP contribution in [-0.4, -0.2) is 65.0 Å². The normalized spacial score (nSPS) is 16.4. The smallest absolute Gasteiger partial charge is 0.268 e. The summed E-state index contributed by atoms with van der Waals surface area (Å²) in [7, 11) is 0. The molecule has 1 unspecified atom stereocenters. The number of fused-ring (bicyclic) bond motifs is 1. The molecule has 198 valence electrons. The lowest BCUT2D eigenvalue weighted by atomic mass is 9.90. The van der Waals surface area contributed by atoms with Crippen LogP contribution in [0.2, 0.25) is 0 Å². The first-order valence-electron chi connectivity index (χ1n) is 11.4. The summed E-state index contributed by atoms with van der Waals surface area (Å²) in [4.78, 5) is 50.9. The average Bonchev–Trinajstić information content (AvgIpc) is 3.21. The molecule has 1 aromatic carbocycles. The number of aromatic amines is 1. The van der Waals surface area contributed by atoms with E-state index in [0.29, 0.717) is 19.0 Å². The molecule has 0 radical (unpaired) electrons. The number of benzene rings is 1. The van der Waals surface area contributed by atoms with E-state index in [9.17, 15) is 32.3 Å². The van der Waals surface area contributed by atoms with E-state index >= 15 is 0 Å². The van der Waals surface area contributed by atoms with Crippen molar-refractivity contribution < 1.29 is 37.5 Å². The lowest BCUT2D eigenvalue weighted by Gasteiger charge is -2.26. The number of aliphatic hydroxyl groups excluding tert-OH is 1. The van der Waals surface area contributed by atoms with Gasteiger partial charge in [-0.25, -0.2) is 13.2 Å². The second-order valence-electron chi connectivity index (χ2n) is 9.39. The number of carbonyl (C=O) groups is 4. The maximum absolute atomic E-state index is 13.8. The van der Waals surface area contributed by atoms with Crippen LogP contribution < -0.4 is 16.0 Å². The van der Waals surface area contributed by atoms with Gasteiger partial charge in [0.15, 0.2) is 5.78 Å². The highest BCUT2D eigenvalue weighted by atomic mass is 19.1. The number of nitrogens with one attached hydrogen (secondary N) is 4. The van der Waals surface area contributed by atoms with Gasteiger partial charge in [-0.1, -0.05) is 0 Å². The highest BCUT2D eigenvalue weighted by Gasteiger charge is 2.29. The fraction of sp³-hybridized carbons (Fsp3) is 0.500. The quantitative estimate of drug-likeness (QED) is 0.368. The molecular weight excluding hydrogens is 481 g/mol. The summed E-state index contributed by atoms with van der Waals surface area (Å²) in [5.41, 5.74) is -1.12. The first kappa shape index (κ1) is 28.8. The molecule has 12 heteroatoms. The number of alkyl halides is 1. The van der Waals surface area contributed by atoms with E-state index in [2.05, 4.69) is 20.9 Å². The van der Waals surface area contributed by atoms with Gasteiger partial charge >= 0.3 is 0 Å². The highest BCUT2D eigenvalue weighted by Crippen LogP contribution is 2.20. The van der Waals surface area contributed by atoms with Crippen LogP contribution in [0.15, 0.2) is 18.2 Å². The predicted octanol–water partition coefficient (Wildman–Crippen LogP) is 1.89. The summed E-state index contributed by atoms with van der Waals surface area (Å²) in [5.74, 6) is -4.41. The maximum atomic E-state index is 13.8. The number of piperidine rings is 1. The predicted molar refractivity (Wildman–Crippen MR) is 126 cm³/mol. The zero-order chi connectivity index (χ0) is 27.0. The summed E-state index contributed by atoms with van der Waals surface area (Å²) in [6.45, 7) is 3.81. The molecule has 0 aliphatic carbocycles. The third kappa shape index (κ3) is 8.99. The summed E-state index contributed by atoms with van der Waals surface area (Å²) in [6, 6.07) is 1.91. The standard InChI is InChI=1S/C20H22F2N4O5.C4H9F/c21-12-4-11-6-15(26-18(11)13(22)7-12)20(31)24-8-17(29)25-14(16(28)9-27)5-10-2-1-3-23-19(10)30;1-4(2,3)5/h4,6-7,10,14,26-27H,1-3,5,8-9H2,(H,23,30)(H,24,31)(H,25,29);1-3H3/t10-,14?;/m0./s1. The van der Waals surface area contributed by atoms with E-state index in [1.807, 2.05) is 0 Å². The molecule has 1 aromatic heterocycles. The number of halogens is 3. The molecular formula is C24H31F3N4O5. The Morgan fingerprint density at radius 1 is 1.19 bits per heavy atom. The number of amides is 3. The number of H-pyrrole nitrogens is 1. The minimum atomic E-state index is -1.08. The Labute approximate surface area is 206 Å². The van der Waals surface area contributed by atoms with Crippen LogP contribution in [0.3, 0.4) is 0 Å². The molecule has 1 fully saturated rings. The van der Waals surface area contributed by atoms with Crippen LogP contribution in [-0.2, 0) is 14.4 Å². The second-order valence-corrected chi connectivity index (χ2v) is 9.39. The van der Waals surface area contributed by atoms with Gasteiger partial charge in [0.25, 0.3) is 5.91 Å². The monoisotopic (exact) mass is 512 g/mol. The van der Waals surface area contributed by atoms with Crippen molar-refractivity contribution in [2.75, 3.05) is 19.7 Å². The highest BCUT2D eigenvalue weighted by molar-refractivity contribution is 6.00. The molecule has 0 bridgehead atoms. The minimum Gasteiger partial charge on any atom is -0.389 e. The Morgan fingerprint density at radius 2 is 1.86 bits per heavy atom. The largest absolute Gasteiger partial charge is 0.389 e. The van der Waals surface area contributed by atoms with Gasteiger partial charge in [0.1, 0.15) is 29.6 Å². The molecule has 2 heterocycles. The van der Waals surface area contributed by atoms with Crippen molar-refractivity contribution in [2.24, 2.45) is 5.92 Å². The third-order valence-corrected chi connectivity index (χ3v) is 5.10. The van der Waals surface area contributed by atoms with E-state index < -0.39 is 60.0 Å². The Kier molecular flexibility index (Phi) is 10.0. The van der Waals surface area contributed by atoms with Crippen molar-refractivity contribution in [1.82, 2.24) is 20.9 Å². The molecule has 3 amide bonds. The molecule has 2 atom stereocenters. The van der Waals surface area contributed by atoms with E-state index in [0.717, 1.165) is 12.5 Å². The zero-order valence-corrected chi connectivity index (χ0v) is 20.3. The van der Waals surface area contributed by atoms with E-state index in [-0.39, 0.29) is 28.9 Å². The van der Waals surface area contributed by atoms with Crippen molar-refractivity contribution in [2.45, 2.75) is 51.7 Å². The summed E-state index contributed by atoms with van der Waals surface area (Å²) < 4.78 is 38.7. The van der Waals surface area contributed by atoms with Gasteiger partial charge in [0.05, 0.1) is 18.1 Å². The van der Waals surface area contributed by atoms with Crippen LogP contribution in [0.25, 0.3) is 10.9 Å². The Morgan fingerprint density at radius 3 is 2.47 bits per heavy atom. The fourth-order valence-electron chi connectivity index (χ4n) is 3.51. The van der Waals surface area contributed by atoms with Crippen molar-refractivity contribution in [3.8, 4) is 0 Å². The molecule has 1 aliphatic heterocycles. The lowest BCUT2D eigenvalue weighted by molar-refractivity contribution is -0.131. The van der Waals surface area contributed by atoms with Crippen molar-refractivity contribution in [3.63, 3.8) is 0 Å². The summed E-state index contributed by atoms with van der Waals surface area (Å²) in [5, 5.41) is 16.7. The number of hydrogen-bond acceptors (Lipinski definition) is 5. The second kappa shape index (κ2) is 12.5. The first-order valence-corrected chi connectivity index (χ1v) is 11.4. The zero-order valence-electron chi connectivity index (χ0n) is 20.3. The van der Waals surface area contributed by atoms with Crippen LogP contribution in [0.4, 0.5) is 13.2 Å². The number of carbonyl (C=O) groups excluding carboxylic acids is 4. The number of hydrogen-bond donors (Lipinski definition) is 5. The third-order valence-electron chi connectivity index (χ3n) is 5.10. The van der Waals surface area contributed by atoms with Gasteiger partial charge in [-0.2, -0.15) is 0 Å². The summed E-state index contributed by atoms with van der Waals surface area (Å²) in [6.07, 6.45) is 1.35. The van der Waals surface area contributed by atoms with Crippen LogP contribution in [0.5, 0.6) is 0 Å². The Bertz CT molecular complexity index is 1110. The van der Waals surface area contributed by atoms with E-state index in [1.165, 1.54) is 26.8 Å². The molecule has 1 saturated heterocycles. The molecule has 0 saturated carbocycles. The van der Waals surface area contributed by atoms with Gasteiger partial charge in [0.2, 0.25) is 11.8 Å². The molecule has 1 aliphatic rings. The van der Waals surface area contributed by atoms with Gasteiger partial charge in [-0.3, -0.25) is 19.2 Å². The van der Waals surface area contributed by atoms with Crippen molar-refractivity contribution in [3.05, 3.63) is 35.5 Å². The number of Topliss-reactive ketones (excluding diaryl/α,β-unsaturated/α-hetero) is 1. The van der Waals surface area contributed by atoms with Gasteiger partial charge < -0.3 is 26.0 Å². The lowest BCUT2D eigenvalue weighted by Crippen LogP contribution is -2.49. The summed E-state index contributed by atoms with van der Waals surface area (Å²) >= 11 is 0. The average molecular weight is 513 g/mol. The molecule has 0 spiro atoms. The minimum absolute atomic E-state index is 0.0395. The van der Waals surface area contributed by atoms with Gasteiger partial charge in [-0.05, 0) is 52.2 Å². The number of ketones is 1. The van der Waals surface area contributed by atoms with Gasteiger partial charge in [-0.15, -0.1) is 0 Å². The SMILES string of the molecule is CC(C)(C)F.O=C(CNC(=O)c1cc2cc(F)cc(F)c2[nH]1)NC(C[C@@H]1CCCNC1=O)C(=O)CO. The number of aromatic nitrogens is 1. The topological polar surface area (TPSA) is 140 Å². The van der Waals surface area contributed by atoms with E-state index in [1.54, 1.807) is 0 Å². The molecule has 5 N–H and O–H groups in total. The van der Waals surface area contributed by atoms with Crippen molar-refractivity contribution in [1.29, 1.82) is 0 Å². The number of rotatable bonds is 8. The number of aliphatic hydroxyl groups is 1. The molecule has 2 aromatic rings. The van der Waals surface area contributed by atoms with Crippen LogP contribution in [0.1, 0.15) is 50.5 Å². The molecule has 9 nitrogen and oxygen atoms in total. The Balaban J connectivity index is 0.000000830. The Hall–Kier alpha value is -3.41. The fourth-order valence-corrected chi connectivity index (χ4v) is 3.51. The first-order chi connectivity index (χ1) is 16.8. The molecule has 3 rings (SSSR count). The van der Waals surface area contributed by atoms with E-state index in [4.69, 9.17) is 5.11 Å². The van der Waals surface area contributed by atoms with Crippen molar-refractivity contribution >= 4 is 34.4 Å². The van der Waals surface area contributed by atoms with Gasteiger partial charge in [0, 0.05) is 23.9 Å². The van der Waals surface area contributed by atoms with Crippen LogP contribution in [0, 0.1) is 17.6 Å². The maximum Gasteiger partial charge on any atom is 0.268 e. The molecule has 36 heavy (non-hydrogen) atoms. The van der Waals surface area contributed by atoms with Crippen LogP contribution >= 0.6 is 0 Å².